The van der Waals surface area contributed by atoms with Crippen LogP contribution in [-0.4, -0.2) is 53.1 Å². The Morgan fingerprint density at radius 2 is 1.68 bits per heavy atom. The molecule has 1 fully saturated rings. The molecule has 2 aromatic carbocycles. The van der Waals surface area contributed by atoms with E-state index in [-0.39, 0.29) is 30.6 Å². The number of benzene rings is 2. The number of hydrogen-bond acceptors (Lipinski definition) is 9. The van der Waals surface area contributed by atoms with Gasteiger partial charge in [-0.2, -0.15) is 0 Å². The number of methoxy groups -OCH3 is 1. The van der Waals surface area contributed by atoms with Crippen LogP contribution in [0.1, 0.15) is 56.4 Å². The molecule has 0 amide bonds. The van der Waals surface area contributed by atoms with Gasteiger partial charge in [-0.15, -0.1) is 0 Å². The molecule has 2 aromatic heterocycles. The van der Waals surface area contributed by atoms with Crippen LogP contribution in [0.5, 0.6) is 11.6 Å². The summed E-state index contributed by atoms with van der Waals surface area (Å²) in [4.78, 5) is 31.5. The van der Waals surface area contributed by atoms with E-state index in [1.54, 1.807) is 37.7 Å². The molecule has 0 bridgehead atoms. The van der Waals surface area contributed by atoms with Gasteiger partial charge in [-0.25, -0.2) is 27.7 Å². The first-order valence-corrected chi connectivity index (χ1v) is 16.2. The maximum Gasteiger partial charge on any atom is 0.240 e. The number of nitrogens with zero attached hydrogens (tertiary/aromatic N) is 5. The maximum atomic E-state index is 13.7. The van der Waals surface area contributed by atoms with Gasteiger partial charge >= 0.3 is 0 Å². The molecule has 0 aliphatic heterocycles. The molecule has 2 heterocycles. The minimum Gasteiger partial charge on any atom is -0.497 e. The highest BCUT2D eigenvalue weighted by Gasteiger charge is 2.41. The highest BCUT2D eigenvalue weighted by molar-refractivity contribution is 7.93. The third-order valence-electron chi connectivity index (χ3n) is 7.49. The van der Waals surface area contributed by atoms with Gasteiger partial charge in [0.1, 0.15) is 11.5 Å². The lowest BCUT2D eigenvalue weighted by atomic mass is 9.85. The summed E-state index contributed by atoms with van der Waals surface area (Å²) in [6.07, 6.45) is 6.20. The first-order chi connectivity index (χ1) is 21.2. The summed E-state index contributed by atoms with van der Waals surface area (Å²) in [5.41, 5.74) is 3.68. The van der Waals surface area contributed by atoms with Crippen LogP contribution in [0.2, 0.25) is 0 Å². The summed E-state index contributed by atoms with van der Waals surface area (Å²) in [6, 6.07) is 16.6. The Morgan fingerprint density at radius 1 is 0.977 bits per heavy atom. The Hall–Kier alpha value is -4.38. The summed E-state index contributed by atoms with van der Waals surface area (Å²) < 4.78 is 39.0. The van der Waals surface area contributed by atoms with Crippen LogP contribution >= 0.6 is 0 Å². The second-order valence-corrected chi connectivity index (χ2v) is 13.3. The van der Waals surface area contributed by atoms with Crippen LogP contribution in [0.4, 0.5) is 5.95 Å². The summed E-state index contributed by atoms with van der Waals surface area (Å²) in [5, 5.41) is -0.453. The Morgan fingerprint density at radius 3 is 2.32 bits per heavy atom. The molecule has 44 heavy (non-hydrogen) atoms. The summed E-state index contributed by atoms with van der Waals surface area (Å²) in [5.74, 6) is 0.584. The van der Waals surface area contributed by atoms with E-state index in [0.29, 0.717) is 42.5 Å². The molecule has 0 radical (unpaired) electrons. The molecular weight excluding hydrogens is 578 g/mol. The fourth-order valence-electron chi connectivity index (χ4n) is 5.06. The van der Waals surface area contributed by atoms with E-state index in [0.717, 1.165) is 16.7 Å². The molecule has 11 heteroatoms. The highest BCUT2D eigenvalue weighted by Crippen LogP contribution is 2.35. The van der Waals surface area contributed by atoms with Crippen LogP contribution in [0, 0.1) is 5.92 Å². The Labute approximate surface area is 258 Å². The fourth-order valence-corrected chi connectivity index (χ4v) is 6.80. The largest absolute Gasteiger partial charge is 0.497 e. The Kier molecular flexibility index (Phi) is 9.53. The number of carbonyl (C=O) groups excluding carboxylic acids is 1. The minimum atomic E-state index is -3.68. The number of ketones is 1. The SMILES string of the molecule is CCOc1cncc(-c2ccc(CC(=O)C(c3ccnc(N(Cc4ccc(OC)cc4)S(=O)(=O)C4CC4)n3)C(C)C)cc2)n1. The fraction of sp³-hybridized carbons (Fsp3) is 0.364. The molecule has 230 valence electrons. The van der Waals surface area contributed by atoms with Crippen molar-refractivity contribution < 1.29 is 22.7 Å². The van der Waals surface area contributed by atoms with Crippen LogP contribution in [0.15, 0.2) is 73.2 Å². The lowest BCUT2D eigenvalue weighted by molar-refractivity contribution is -0.120. The molecule has 1 saturated carbocycles. The molecule has 0 spiro atoms. The second kappa shape index (κ2) is 13.5. The van der Waals surface area contributed by atoms with Gasteiger partial charge in [0.2, 0.25) is 21.9 Å². The van der Waals surface area contributed by atoms with E-state index in [4.69, 9.17) is 14.5 Å². The van der Waals surface area contributed by atoms with E-state index in [2.05, 4.69) is 15.0 Å². The number of carbonyl (C=O) groups is 1. The smallest absolute Gasteiger partial charge is 0.240 e. The molecular formula is C33H37N5O5S. The lowest BCUT2D eigenvalue weighted by Crippen LogP contribution is -2.35. The standard InChI is InChI=1S/C33H37N5O5S/c1-5-43-31-20-34-19-29(36-31)25-10-6-23(7-11-25)18-30(39)32(22(2)3)28-16-17-35-33(37-28)38(44(40,41)27-14-15-27)21-24-8-12-26(42-4)13-9-24/h6-13,16-17,19-20,22,27,32H,5,14-15,18,21H2,1-4H3. The topological polar surface area (TPSA) is 124 Å². The van der Waals surface area contributed by atoms with Gasteiger partial charge in [-0.3, -0.25) is 9.78 Å². The van der Waals surface area contributed by atoms with Gasteiger partial charge < -0.3 is 9.47 Å². The average Bonchev–Trinajstić information content (AvgIpc) is 3.88. The third-order valence-corrected chi connectivity index (χ3v) is 9.71. The number of ether oxygens (including phenoxy) is 2. The summed E-state index contributed by atoms with van der Waals surface area (Å²) >= 11 is 0. The molecule has 0 saturated heterocycles. The van der Waals surface area contributed by atoms with E-state index >= 15 is 0 Å². The van der Waals surface area contributed by atoms with Crippen LogP contribution in [0.3, 0.4) is 0 Å². The predicted octanol–water partition coefficient (Wildman–Crippen LogP) is 5.39. The predicted molar refractivity (Wildman–Crippen MR) is 168 cm³/mol. The zero-order chi connectivity index (χ0) is 31.3. The minimum absolute atomic E-state index is 0.0118. The van der Waals surface area contributed by atoms with Gasteiger partial charge in [0, 0.05) is 18.2 Å². The molecule has 0 N–H and O–H groups in total. The molecule has 1 aliphatic rings. The number of aromatic nitrogens is 4. The number of anilines is 1. The lowest BCUT2D eigenvalue weighted by Gasteiger charge is -2.25. The number of rotatable bonds is 14. The second-order valence-electron chi connectivity index (χ2n) is 11.1. The first-order valence-electron chi connectivity index (χ1n) is 14.7. The average molecular weight is 616 g/mol. The Balaban J connectivity index is 1.38. The van der Waals surface area contributed by atoms with Gasteiger partial charge in [-0.05, 0) is 55.0 Å². The van der Waals surface area contributed by atoms with Crippen molar-refractivity contribution in [3.8, 4) is 22.9 Å². The van der Waals surface area contributed by atoms with E-state index in [9.17, 15) is 13.2 Å². The van der Waals surface area contributed by atoms with Gasteiger partial charge in [0.05, 0.1) is 55.2 Å². The summed E-state index contributed by atoms with van der Waals surface area (Å²) in [6.45, 7) is 6.40. The van der Waals surface area contributed by atoms with Crippen LogP contribution in [-0.2, 0) is 27.8 Å². The van der Waals surface area contributed by atoms with Crippen LogP contribution < -0.4 is 13.8 Å². The van der Waals surface area contributed by atoms with E-state index < -0.39 is 21.2 Å². The molecule has 1 aliphatic carbocycles. The number of hydrogen-bond donors (Lipinski definition) is 0. The molecule has 1 unspecified atom stereocenters. The molecule has 10 nitrogen and oxygen atoms in total. The summed E-state index contributed by atoms with van der Waals surface area (Å²) in [7, 11) is -2.10. The van der Waals surface area contributed by atoms with Crippen molar-refractivity contribution in [2.75, 3.05) is 18.0 Å². The molecule has 5 rings (SSSR count). The van der Waals surface area contributed by atoms with E-state index in [1.165, 1.54) is 10.5 Å². The Bertz CT molecular complexity index is 1690. The molecule has 4 aromatic rings. The highest BCUT2D eigenvalue weighted by atomic mass is 32.2. The van der Waals surface area contributed by atoms with Crippen molar-refractivity contribution in [1.82, 2.24) is 19.9 Å². The van der Waals surface area contributed by atoms with Gasteiger partial charge in [-0.1, -0.05) is 50.2 Å². The van der Waals surface area contributed by atoms with Crippen molar-refractivity contribution in [2.24, 2.45) is 5.92 Å². The van der Waals surface area contributed by atoms with Crippen LogP contribution in [0.25, 0.3) is 11.3 Å². The van der Waals surface area contributed by atoms with Crippen molar-refractivity contribution in [1.29, 1.82) is 0 Å². The zero-order valence-corrected chi connectivity index (χ0v) is 26.2. The maximum absolute atomic E-state index is 13.7. The van der Waals surface area contributed by atoms with Crippen molar-refractivity contribution in [3.63, 3.8) is 0 Å². The zero-order valence-electron chi connectivity index (χ0n) is 25.4. The number of Topliss-reactive ketones (excluding diaryl/α,β-unsaturated/α-hetero) is 1. The normalized spacial score (nSPS) is 13.8. The van der Waals surface area contributed by atoms with Gasteiger partial charge in [0.25, 0.3) is 0 Å². The van der Waals surface area contributed by atoms with Crippen molar-refractivity contribution in [3.05, 3.63) is 90.0 Å². The van der Waals surface area contributed by atoms with E-state index in [1.807, 2.05) is 57.2 Å². The van der Waals surface area contributed by atoms with Gasteiger partial charge in [0.15, 0.2) is 0 Å². The quantitative estimate of drug-likeness (QED) is 0.184. The van der Waals surface area contributed by atoms with Crippen molar-refractivity contribution in [2.45, 2.75) is 57.7 Å². The monoisotopic (exact) mass is 615 g/mol. The third kappa shape index (κ3) is 7.21. The first kappa shape index (κ1) is 31.1. The molecule has 1 atom stereocenters. The van der Waals surface area contributed by atoms with Crippen molar-refractivity contribution >= 4 is 21.8 Å². The number of sulfonamides is 1.